The van der Waals surface area contributed by atoms with E-state index in [9.17, 15) is 25.2 Å². The Bertz CT molecular complexity index is 727. The first kappa shape index (κ1) is 21.1. The van der Waals surface area contributed by atoms with Crippen LogP contribution in [0.15, 0.2) is 24.3 Å². The van der Waals surface area contributed by atoms with Crippen LogP contribution in [-0.4, -0.2) is 49.8 Å². The maximum Gasteiger partial charge on any atom is 0.338 e. The average molecular weight is 392 g/mol. The summed E-state index contributed by atoms with van der Waals surface area (Å²) in [5.74, 6) is -0.980. The second kappa shape index (κ2) is 7.01. The van der Waals surface area contributed by atoms with E-state index in [1.807, 2.05) is 20.8 Å². The molecule has 4 N–H and O–H groups in total. The molecule has 0 saturated heterocycles. The number of fused-ring (bicyclic) bond motifs is 1. The number of phenolic OH excluding ortho intramolecular Hbond substituents is 1. The minimum atomic E-state index is -1.43. The van der Waals surface area contributed by atoms with Crippen LogP contribution in [0.3, 0.4) is 0 Å². The number of aliphatic hydroxyl groups is 3. The highest BCUT2D eigenvalue weighted by Crippen LogP contribution is 2.59. The van der Waals surface area contributed by atoms with Gasteiger partial charge in [0.2, 0.25) is 0 Å². The highest BCUT2D eigenvalue weighted by atomic mass is 16.5. The zero-order valence-electron chi connectivity index (χ0n) is 17.1. The van der Waals surface area contributed by atoms with Gasteiger partial charge in [0.05, 0.1) is 22.9 Å². The Labute approximate surface area is 166 Å². The van der Waals surface area contributed by atoms with E-state index in [-0.39, 0.29) is 23.7 Å². The molecule has 1 aromatic carbocycles. The average Bonchev–Trinajstić information content (AvgIpc) is 2.82. The molecule has 6 nitrogen and oxygen atoms in total. The second-order valence-electron chi connectivity index (χ2n) is 9.55. The molecule has 28 heavy (non-hydrogen) atoms. The molecule has 0 bridgehead atoms. The lowest BCUT2D eigenvalue weighted by Gasteiger charge is -2.43. The summed E-state index contributed by atoms with van der Waals surface area (Å²) in [6, 6.07) is 5.77. The fraction of sp³-hybridized carbons (Fsp3) is 0.682. The third kappa shape index (κ3) is 3.53. The van der Waals surface area contributed by atoms with Crippen molar-refractivity contribution in [3.8, 4) is 5.75 Å². The van der Waals surface area contributed by atoms with Crippen LogP contribution >= 0.6 is 0 Å². The molecule has 0 amide bonds. The molecule has 0 spiro atoms. The van der Waals surface area contributed by atoms with Crippen LogP contribution in [0.1, 0.15) is 63.7 Å². The van der Waals surface area contributed by atoms with Crippen LogP contribution in [0.25, 0.3) is 0 Å². The lowest BCUT2D eigenvalue weighted by atomic mass is 9.67. The second-order valence-corrected chi connectivity index (χ2v) is 9.55. The van der Waals surface area contributed by atoms with Gasteiger partial charge in [0.15, 0.2) is 0 Å². The van der Waals surface area contributed by atoms with Gasteiger partial charge >= 0.3 is 5.97 Å². The normalized spacial score (nSPS) is 40.8. The molecule has 2 fully saturated rings. The third-order valence-electron chi connectivity index (χ3n) is 7.11. The Hall–Kier alpha value is -1.63. The lowest BCUT2D eigenvalue weighted by molar-refractivity contribution is -0.121. The van der Waals surface area contributed by atoms with Crippen LogP contribution in [0.4, 0.5) is 0 Å². The van der Waals surface area contributed by atoms with Crippen molar-refractivity contribution in [2.24, 2.45) is 17.3 Å². The topological polar surface area (TPSA) is 107 Å². The first-order valence-corrected chi connectivity index (χ1v) is 10.0. The molecular weight excluding hydrogens is 360 g/mol. The number of ether oxygens (including phenoxy) is 1. The SMILES string of the molecule is CC(C)[C@]1(O)CC[C@]2(C)C[C@H](O)[C@@](C)(O)C[C@H](OC(=O)c3ccc(O)cc3)[C@H]21. The number of aromatic hydroxyl groups is 1. The first-order valence-electron chi connectivity index (χ1n) is 10.0. The van der Waals surface area contributed by atoms with Gasteiger partial charge in [0.1, 0.15) is 11.9 Å². The number of esters is 1. The molecule has 2 aliphatic rings. The quantitative estimate of drug-likeness (QED) is 0.589. The number of hydrogen-bond donors (Lipinski definition) is 4. The Morgan fingerprint density at radius 1 is 1.11 bits per heavy atom. The highest BCUT2D eigenvalue weighted by molar-refractivity contribution is 5.89. The molecular formula is C22H32O6. The van der Waals surface area contributed by atoms with Crippen molar-refractivity contribution >= 4 is 5.97 Å². The summed E-state index contributed by atoms with van der Waals surface area (Å²) < 4.78 is 5.85. The molecule has 6 heteroatoms. The molecule has 0 aromatic heterocycles. The number of benzene rings is 1. The molecule has 0 radical (unpaired) electrons. The van der Waals surface area contributed by atoms with Gasteiger partial charge < -0.3 is 25.2 Å². The summed E-state index contributed by atoms with van der Waals surface area (Å²) in [5, 5.41) is 42.4. The number of aliphatic hydroxyl groups excluding tert-OH is 1. The van der Waals surface area contributed by atoms with E-state index < -0.39 is 40.7 Å². The van der Waals surface area contributed by atoms with Gasteiger partial charge in [-0.1, -0.05) is 20.8 Å². The molecule has 156 valence electrons. The smallest absolute Gasteiger partial charge is 0.338 e. The van der Waals surface area contributed by atoms with Crippen molar-refractivity contribution in [3.63, 3.8) is 0 Å². The van der Waals surface area contributed by atoms with Gasteiger partial charge in [0.25, 0.3) is 0 Å². The largest absolute Gasteiger partial charge is 0.508 e. The summed E-state index contributed by atoms with van der Waals surface area (Å²) in [7, 11) is 0. The summed E-state index contributed by atoms with van der Waals surface area (Å²) in [6.45, 7) is 7.45. The predicted octanol–water partition coefficient (Wildman–Crippen LogP) is 2.63. The van der Waals surface area contributed by atoms with Crippen LogP contribution < -0.4 is 0 Å². The van der Waals surface area contributed by atoms with E-state index in [2.05, 4.69) is 0 Å². The van der Waals surface area contributed by atoms with Crippen molar-refractivity contribution in [2.45, 2.75) is 76.8 Å². The van der Waals surface area contributed by atoms with Gasteiger partial charge in [-0.25, -0.2) is 4.79 Å². The van der Waals surface area contributed by atoms with Gasteiger partial charge in [-0.05, 0) is 61.8 Å². The lowest BCUT2D eigenvalue weighted by Crippen LogP contribution is -2.51. The maximum absolute atomic E-state index is 12.8. The molecule has 2 saturated carbocycles. The van der Waals surface area contributed by atoms with Crippen molar-refractivity contribution in [2.75, 3.05) is 0 Å². The van der Waals surface area contributed by atoms with Crippen LogP contribution in [-0.2, 0) is 4.74 Å². The van der Waals surface area contributed by atoms with E-state index in [1.165, 1.54) is 24.3 Å². The summed E-state index contributed by atoms with van der Waals surface area (Å²) in [4.78, 5) is 12.8. The van der Waals surface area contributed by atoms with Gasteiger partial charge in [-0.15, -0.1) is 0 Å². The van der Waals surface area contributed by atoms with Crippen molar-refractivity contribution in [3.05, 3.63) is 29.8 Å². The number of phenols is 1. The van der Waals surface area contributed by atoms with E-state index >= 15 is 0 Å². The van der Waals surface area contributed by atoms with Gasteiger partial charge in [0, 0.05) is 12.3 Å². The summed E-state index contributed by atoms with van der Waals surface area (Å²) >= 11 is 0. The van der Waals surface area contributed by atoms with Crippen LogP contribution in [0, 0.1) is 17.3 Å². The Balaban J connectivity index is 1.99. The number of carbonyl (C=O) groups is 1. The van der Waals surface area contributed by atoms with E-state index in [0.717, 1.165) is 0 Å². The van der Waals surface area contributed by atoms with Crippen molar-refractivity contribution < 1.29 is 30.0 Å². The minimum absolute atomic E-state index is 0.0489. The fourth-order valence-corrected chi connectivity index (χ4v) is 5.28. The number of carbonyl (C=O) groups excluding carboxylic acids is 1. The molecule has 2 aliphatic carbocycles. The minimum Gasteiger partial charge on any atom is -0.508 e. The molecule has 1 aromatic rings. The van der Waals surface area contributed by atoms with Gasteiger partial charge in [-0.3, -0.25) is 0 Å². The Morgan fingerprint density at radius 3 is 2.29 bits per heavy atom. The van der Waals surface area contributed by atoms with Gasteiger partial charge in [-0.2, -0.15) is 0 Å². The van der Waals surface area contributed by atoms with Crippen LogP contribution in [0.2, 0.25) is 0 Å². The van der Waals surface area contributed by atoms with E-state index in [1.54, 1.807) is 6.92 Å². The predicted molar refractivity (Wildman–Crippen MR) is 104 cm³/mol. The first-order chi connectivity index (χ1) is 12.9. The fourth-order valence-electron chi connectivity index (χ4n) is 5.28. The van der Waals surface area contributed by atoms with Crippen LogP contribution in [0.5, 0.6) is 5.75 Å². The van der Waals surface area contributed by atoms with Crippen molar-refractivity contribution in [1.82, 2.24) is 0 Å². The number of hydrogen-bond acceptors (Lipinski definition) is 6. The maximum atomic E-state index is 12.8. The summed E-state index contributed by atoms with van der Waals surface area (Å²) in [6.07, 6.45) is -0.0683. The van der Waals surface area contributed by atoms with E-state index in [0.29, 0.717) is 19.3 Å². The third-order valence-corrected chi connectivity index (χ3v) is 7.11. The highest BCUT2D eigenvalue weighted by Gasteiger charge is 2.62. The monoisotopic (exact) mass is 392 g/mol. The zero-order valence-corrected chi connectivity index (χ0v) is 17.1. The number of rotatable bonds is 3. The zero-order chi connectivity index (χ0) is 20.9. The summed E-state index contributed by atoms with van der Waals surface area (Å²) in [5.41, 5.74) is -2.64. The van der Waals surface area contributed by atoms with E-state index in [4.69, 9.17) is 4.74 Å². The molecule has 0 aliphatic heterocycles. The standard InChI is InChI=1S/C22H32O6/c1-13(2)22(27)10-9-20(3)12-17(24)21(4,26)11-16(18(20)22)28-19(25)14-5-7-15(23)8-6-14/h5-8,13,16-18,23-24,26-27H,9-12H2,1-4H3/t16-,17-,18+,20+,21-,22+/m0/s1. The molecule has 6 atom stereocenters. The van der Waals surface area contributed by atoms with Crippen molar-refractivity contribution in [1.29, 1.82) is 0 Å². The Morgan fingerprint density at radius 2 is 1.71 bits per heavy atom. The Kier molecular flexibility index (Phi) is 5.28. The molecule has 3 rings (SSSR count). The molecule has 0 heterocycles. The molecule has 0 unspecified atom stereocenters.